The van der Waals surface area contributed by atoms with Crippen molar-refractivity contribution in [1.82, 2.24) is 10.3 Å². The zero-order valence-electron chi connectivity index (χ0n) is 13.5. The van der Waals surface area contributed by atoms with Crippen molar-refractivity contribution >= 4 is 10.9 Å². The van der Waals surface area contributed by atoms with Crippen molar-refractivity contribution in [1.29, 1.82) is 0 Å². The lowest BCUT2D eigenvalue weighted by atomic mass is 10.0. The van der Waals surface area contributed by atoms with Crippen molar-refractivity contribution in [2.45, 2.75) is 40.2 Å². The Kier molecular flexibility index (Phi) is 6.27. The van der Waals surface area contributed by atoms with E-state index in [-0.39, 0.29) is 0 Å². The van der Waals surface area contributed by atoms with E-state index in [1.807, 2.05) is 13.8 Å². The van der Waals surface area contributed by atoms with Crippen LogP contribution < -0.4 is 5.32 Å². The van der Waals surface area contributed by atoms with E-state index in [1.165, 1.54) is 35.0 Å². The number of hydrogen-bond acceptors (Lipinski definition) is 2. The van der Waals surface area contributed by atoms with Crippen LogP contribution >= 0.6 is 0 Å². The van der Waals surface area contributed by atoms with Gasteiger partial charge in [0.25, 0.3) is 0 Å². The van der Waals surface area contributed by atoms with Crippen LogP contribution in [0.4, 0.5) is 0 Å². The molecular weight excluding hydrogens is 260 g/mol. The van der Waals surface area contributed by atoms with Gasteiger partial charge in [0.05, 0.1) is 0 Å². The number of hydrogen-bond donors (Lipinski definition) is 2. The SMILES string of the molecule is CC.Cc1cc2ccc(CNCC3CCOCC3)cc2[nH]1. The lowest BCUT2D eigenvalue weighted by molar-refractivity contribution is 0.0662. The van der Waals surface area contributed by atoms with Crippen LogP contribution in [-0.2, 0) is 11.3 Å². The summed E-state index contributed by atoms with van der Waals surface area (Å²) in [6, 6.07) is 8.85. The molecule has 0 saturated carbocycles. The van der Waals surface area contributed by atoms with Gasteiger partial charge in [0.15, 0.2) is 0 Å². The molecule has 3 nitrogen and oxygen atoms in total. The number of nitrogens with one attached hydrogen (secondary N) is 2. The molecular formula is C18H28N2O. The molecule has 3 rings (SSSR count). The number of rotatable bonds is 4. The average molecular weight is 288 g/mol. The molecule has 1 aromatic carbocycles. The Balaban J connectivity index is 0.000000774. The van der Waals surface area contributed by atoms with Gasteiger partial charge in [-0.25, -0.2) is 0 Å². The van der Waals surface area contributed by atoms with Crippen molar-refractivity contribution in [3.8, 4) is 0 Å². The van der Waals surface area contributed by atoms with Crippen LogP contribution in [0.5, 0.6) is 0 Å². The normalized spacial score (nSPS) is 15.8. The van der Waals surface area contributed by atoms with Crippen molar-refractivity contribution in [3.63, 3.8) is 0 Å². The van der Waals surface area contributed by atoms with Crippen LogP contribution in [0, 0.1) is 12.8 Å². The number of benzene rings is 1. The quantitative estimate of drug-likeness (QED) is 0.891. The Morgan fingerprint density at radius 1 is 1.19 bits per heavy atom. The molecule has 2 heterocycles. The fourth-order valence-corrected chi connectivity index (χ4v) is 2.80. The standard InChI is InChI=1S/C16H22N2O.C2H6/c1-12-8-15-3-2-14(9-16(15)18-12)11-17-10-13-4-6-19-7-5-13;1-2/h2-3,8-9,13,17-18H,4-7,10-11H2,1H3;1-2H3. The molecule has 0 atom stereocenters. The minimum Gasteiger partial charge on any atom is -0.381 e. The van der Waals surface area contributed by atoms with Crippen LogP contribution in [0.15, 0.2) is 24.3 Å². The second kappa shape index (κ2) is 8.20. The van der Waals surface area contributed by atoms with E-state index in [2.05, 4.69) is 41.5 Å². The van der Waals surface area contributed by atoms with Crippen LogP contribution in [-0.4, -0.2) is 24.7 Å². The molecule has 1 fully saturated rings. The van der Waals surface area contributed by atoms with E-state index >= 15 is 0 Å². The van der Waals surface area contributed by atoms with Gasteiger partial charge >= 0.3 is 0 Å². The highest BCUT2D eigenvalue weighted by molar-refractivity contribution is 5.80. The number of fused-ring (bicyclic) bond motifs is 1. The Labute approximate surface area is 128 Å². The van der Waals surface area contributed by atoms with Crippen molar-refractivity contribution in [2.24, 2.45) is 5.92 Å². The van der Waals surface area contributed by atoms with E-state index in [0.29, 0.717) is 0 Å². The second-order valence-electron chi connectivity index (χ2n) is 5.56. The summed E-state index contributed by atoms with van der Waals surface area (Å²) in [5, 5.41) is 4.87. The van der Waals surface area contributed by atoms with Gasteiger partial charge in [-0.1, -0.05) is 26.0 Å². The summed E-state index contributed by atoms with van der Waals surface area (Å²) < 4.78 is 5.38. The minimum absolute atomic E-state index is 0.783. The summed E-state index contributed by atoms with van der Waals surface area (Å²) in [5.41, 5.74) is 3.81. The third-order valence-electron chi connectivity index (χ3n) is 3.92. The highest BCUT2D eigenvalue weighted by Crippen LogP contribution is 2.17. The second-order valence-corrected chi connectivity index (χ2v) is 5.56. The zero-order chi connectivity index (χ0) is 15.1. The van der Waals surface area contributed by atoms with E-state index in [1.54, 1.807) is 0 Å². The monoisotopic (exact) mass is 288 g/mol. The predicted molar refractivity (Wildman–Crippen MR) is 89.6 cm³/mol. The molecule has 1 aliphatic heterocycles. The third-order valence-corrected chi connectivity index (χ3v) is 3.92. The Bertz CT molecular complexity index is 541. The summed E-state index contributed by atoms with van der Waals surface area (Å²) in [6.07, 6.45) is 2.39. The summed E-state index contributed by atoms with van der Waals surface area (Å²) in [4.78, 5) is 3.39. The number of aryl methyl sites for hydroxylation is 1. The van der Waals surface area contributed by atoms with Crippen LogP contribution in [0.1, 0.15) is 37.9 Å². The first kappa shape index (κ1) is 16.1. The van der Waals surface area contributed by atoms with E-state index in [4.69, 9.17) is 4.74 Å². The van der Waals surface area contributed by atoms with Gasteiger partial charge in [-0.3, -0.25) is 0 Å². The zero-order valence-corrected chi connectivity index (χ0v) is 13.5. The topological polar surface area (TPSA) is 37.0 Å². The number of ether oxygens (including phenoxy) is 1. The highest BCUT2D eigenvalue weighted by atomic mass is 16.5. The molecule has 1 aromatic heterocycles. The van der Waals surface area contributed by atoms with E-state index in [9.17, 15) is 0 Å². The molecule has 0 spiro atoms. The molecule has 0 unspecified atom stereocenters. The fourth-order valence-electron chi connectivity index (χ4n) is 2.80. The summed E-state index contributed by atoms with van der Waals surface area (Å²) >= 11 is 0. The van der Waals surface area contributed by atoms with Gasteiger partial charge in [0.1, 0.15) is 0 Å². The molecule has 1 saturated heterocycles. The van der Waals surface area contributed by atoms with Gasteiger partial charge in [-0.05, 0) is 55.3 Å². The number of aromatic amines is 1. The van der Waals surface area contributed by atoms with Gasteiger partial charge in [0, 0.05) is 31.0 Å². The van der Waals surface area contributed by atoms with Crippen LogP contribution in [0.2, 0.25) is 0 Å². The van der Waals surface area contributed by atoms with E-state index in [0.717, 1.165) is 32.2 Å². The predicted octanol–water partition coefficient (Wildman–Crippen LogP) is 4.02. The Morgan fingerprint density at radius 2 is 1.95 bits per heavy atom. The molecule has 3 heteroatoms. The number of aromatic nitrogens is 1. The van der Waals surface area contributed by atoms with Crippen LogP contribution in [0.3, 0.4) is 0 Å². The maximum absolute atomic E-state index is 5.38. The molecule has 21 heavy (non-hydrogen) atoms. The molecule has 0 radical (unpaired) electrons. The Morgan fingerprint density at radius 3 is 2.71 bits per heavy atom. The molecule has 116 valence electrons. The number of H-pyrrole nitrogens is 1. The van der Waals surface area contributed by atoms with Crippen molar-refractivity contribution < 1.29 is 4.74 Å². The maximum atomic E-state index is 5.38. The maximum Gasteiger partial charge on any atom is 0.0469 e. The molecule has 0 amide bonds. The Hall–Kier alpha value is -1.32. The smallest absolute Gasteiger partial charge is 0.0469 e. The lowest BCUT2D eigenvalue weighted by Crippen LogP contribution is -2.27. The van der Waals surface area contributed by atoms with E-state index < -0.39 is 0 Å². The minimum atomic E-state index is 0.783. The van der Waals surface area contributed by atoms with Crippen molar-refractivity contribution in [3.05, 3.63) is 35.5 Å². The highest BCUT2D eigenvalue weighted by Gasteiger charge is 2.12. The molecule has 2 N–H and O–H groups in total. The summed E-state index contributed by atoms with van der Waals surface area (Å²) in [5.74, 6) is 0.783. The molecule has 0 aliphatic carbocycles. The van der Waals surface area contributed by atoms with Gasteiger partial charge < -0.3 is 15.0 Å². The first-order chi connectivity index (χ1) is 10.3. The lowest BCUT2D eigenvalue weighted by Gasteiger charge is -2.22. The van der Waals surface area contributed by atoms with Gasteiger partial charge in [0.2, 0.25) is 0 Å². The molecule has 2 aromatic rings. The molecule has 1 aliphatic rings. The van der Waals surface area contributed by atoms with Crippen LogP contribution in [0.25, 0.3) is 10.9 Å². The van der Waals surface area contributed by atoms with Gasteiger partial charge in [-0.2, -0.15) is 0 Å². The largest absolute Gasteiger partial charge is 0.381 e. The first-order valence-electron chi connectivity index (χ1n) is 8.18. The third kappa shape index (κ3) is 4.58. The average Bonchev–Trinajstić information content (AvgIpc) is 2.90. The fraction of sp³-hybridized carbons (Fsp3) is 0.556. The summed E-state index contributed by atoms with van der Waals surface area (Å²) in [7, 11) is 0. The van der Waals surface area contributed by atoms with Crippen molar-refractivity contribution in [2.75, 3.05) is 19.8 Å². The van der Waals surface area contributed by atoms with Gasteiger partial charge in [-0.15, -0.1) is 0 Å². The first-order valence-corrected chi connectivity index (χ1v) is 8.18. The molecule has 0 bridgehead atoms. The summed E-state index contributed by atoms with van der Waals surface area (Å²) in [6.45, 7) is 10.0.